The number of para-hydroxylation sites is 1. The van der Waals surface area contributed by atoms with E-state index < -0.39 is 0 Å². The molecule has 1 N–H and O–H groups in total. The smallest absolute Gasteiger partial charge is 0.262 e. The van der Waals surface area contributed by atoms with Crippen molar-refractivity contribution in [3.63, 3.8) is 0 Å². The molecule has 2 aromatic rings. The molecule has 21 heavy (non-hydrogen) atoms. The average molecular weight is 348 g/mol. The first-order valence-corrected chi connectivity index (χ1v) is 7.12. The Hall–Kier alpha value is -2.14. The van der Waals surface area contributed by atoms with E-state index in [1.165, 1.54) is 0 Å². The Labute approximate surface area is 131 Å². The molecule has 0 saturated heterocycles. The molecule has 1 amide bonds. The molecule has 108 valence electrons. The lowest BCUT2D eigenvalue weighted by Gasteiger charge is -2.10. The predicted octanol–water partition coefficient (Wildman–Crippen LogP) is 3.59. The second-order valence-electron chi connectivity index (χ2n) is 4.48. The number of aryl methyl sites for hydroxylation is 1. The van der Waals surface area contributed by atoms with E-state index in [1.807, 2.05) is 31.2 Å². The van der Waals surface area contributed by atoms with Crippen LogP contribution in [0.5, 0.6) is 5.75 Å². The number of carbonyl (C=O) groups excluding carboxylic acids is 2. The van der Waals surface area contributed by atoms with E-state index in [4.69, 9.17) is 4.74 Å². The molecule has 0 bridgehead atoms. The van der Waals surface area contributed by atoms with Crippen molar-refractivity contribution >= 4 is 33.8 Å². The van der Waals surface area contributed by atoms with Crippen LogP contribution in [-0.4, -0.2) is 18.8 Å². The molecule has 4 nitrogen and oxygen atoms in total. The van der Waals surface area contributed by atoms with Crippen LogP contribution >= 0.6 is 15.9 Å². The zero-order valence-electron chi connectivity index (χ0n) is 11.4. The minimum absolute atomic E-state index is 0.169. The Morgan fingerprint density at radius 2 is 1.95 bits per heavy atom. The van der Waals surface area contributed by atoms with Crippen molar-refractivity contribution in [3.8, 4) is 5.75 Å². The highest BCUT2D eigenvalue weighted by Gasteiger charge is 2.10. The summed E-state index contributed by atoms with van der Waals surface area (Å²) in [5, 5.41) is 2.73. The van der Waals surface area contributed by atoms with Crippen molar-refractivity contribution in [2.45, 2.75) is 6.92 Å². The summed E-state index contributed by atoms with van der Waals surface area (Å²) >= 11 is 3.30. The van der Waals surface area contributed by atoms with Crippen molar-refractivity contribution < 1.29 is 14.3 Å². The monoisotopic (exact) mass is 347 g/mol. The van der Waals surface area contributed by atoms with Gasteiger partial charge in [-0.15, -0.1) is 0 Å². The van der Waals surface area contributed by atoms with Gasteiger partial charge >= 0.3 is 0 Å². The normalized spacial score (nSPS) is 10.0. The summed E-state index contributed by atoms with van der Waals surface area (Å²) in [7, 11) is 0. The molecule has 0 heterocycles. The van der Waals surface area contributed by atoms with Crippen LogP contribution < -0.4 is 10.1 Å². The second-order valence-corrected chi connectivity index (χ2v) is 5.33. The van der Waals surface area contributed by atoms with Crippen molar-refractivity contribution in [1.82, 2.24) is 0 Å². The van der Waals surface area contributed by atoms with E-state index in [9.17, 15) is 9.59 Å². The van der Waals surface area contributed by atoms with E-state index in [2.05, 4.69) is 21.2 Å². The maximum Gasteiger partial charge on any atom is 0.262 e. The van der Waals surface area contributed by atoms with Crippen molar-refractivity contribution in [2.24, 2.45) is 0 Å². The Morgan fingerprint density at radius 3 is 2.62 bits per heavy atom. The standard InChI is InChI=1S/C16H14BrNO3/c1-11-5-7-13(8-6-11)18-15(20)10-21-16-12(9-19)3-2-4-14(16)17/h2-9H,10H2,1H3,(H,18,20). The molecule has 0 aliphatic carbocycles. The Morgan fingerprint density at radius 1 is 1.24 bits per heavy atom. The lowest BCUT2D eigenvalue weighted by molar-refractivity contribution is -0.118. The van der Waals surface area contributed by atoms with Crippen LogP contribution in [0.2, 0.25) is 0 Å². The molecule has 0 unspecified atom stereocenters. The number of benzene rings is 2. The number of halogens is 1. The van der Waals surface area contributed by atoms with Gasteiger partial charge in [-0.2, -0.15) is 0 Å². The fraction of sp³-hybridized carbons (Fsp3) is 0.125. The number of rotatable bonds is 5. The molecule has 0 atom stereocenters. The van der Waals surface area contributed by atoms with Crippen LogP contribution in [0, 0.1) is 6.92 Å². The van der Waals surface area contributed by atoms with Gasteiger partial charge in [0.25, 0.3) is 5.91 Å². The van der Waals surface area contributed by atoms with Crippen LogP contribution in [0.3, 0.4) is 0 Å². The minimum Gasteiger partial charge on any atom is -0.482 e. The Kier molecular flexibility index (Phi) is 5.11. The number of aldehydes is 1. The van der Waals surface area contributed by atoms with Crippen LogP contribution in [0.1, 0.15) is 15.9 Å². The molecular weight excluding hydrogens is 334 g/mol. The number of hydrogen-bond donors (Lipinski definition) is 1. The lowest BCUT2D eigenvalue weighted by Crippen LogP contribution is -2.20. The van der Waals surface area contributed by atoms with E-state index in [0.29, 0.717) is 27.8 Å². The van der Waals surface area contributed by atoms with E-state index in [1.54, 1.807) is 18.2 Å². The maximum absolute atomic E-state index is 11.8. The zero-order valence-corrected chi connectivity index (χ0v) is 13.0. The summed E-state index contributed by atoms with van der Waals surface area (Å²) in [4.78, 5) is 22.8. The molecule has 0 aliphatic rings. The lowest BCUT2D eigenvalue weighted by atomic mass is 10.2. The highest BCUT2D eigenvalue weighted by Crippen LogP contribution is 2.27. The first kappa shape index (κ1) is 15.3. The number of nitrogens with one attached hydrogen (secondary N) is 1. The third-order valence-electron chi connectivity index (χ3n) is 2.81. The zero-order chi connectivity index (χ0) is 15.2. The number of hydrogen-bond acceptors (Lipinski definition) is 3. The molecule has 2 rings (SSSR count). The van der Waals surface area contributed by atoms with Crippen molar-refractivity contribution in [3.05, 3.63) is 58.1 Å². The van der Waals surface area contributed by atoms with Crippen LogP contribution in [0.4, 0.5) is 5.69 Å². The molecule has 2 aromatic carbocycles. The fourth-order valence-electron chi connectivity index (χ4n) is 1.74. The number of amides is 1. The molecule has 0 radical (unpaired) electrons. The van der Waals surface area contributed by atoms with Gasteiger partial charge in [0.05, 0.1) is 10.0 Å². The summed E-state index contributed by atoms with van der Waals surface area (Å²) in [6, 6.07) is 12.6. The minimum atomic E-state index is -0.286. The molecule has 0 spiro atoms. The van der Waals surface area contributed by atoms with E-state index in [0.717, 1.165) is 5.56 Å². The van der Waals surface area contributed by atoms with Gasteiger partial charge in [-0.1, -0.05) is 23.8 Å². The molecule has 5 heteroatoms. The van der Waals surface area contributed by atoms with Gasteiger partial charge in [0.2, 0.25) is 0 Å². The quantitative estimate of drug-likeness (QED) is 0.841. The van der Waals surface area contributed by atoms with Crippen molar-refractivity contribution in [1.29, 1.82) is 0 Å². The van der Waals surface area contributed by atoms with Gasteiger partial charge in [0.1, 0.15) is 5.75 Å². The Bertz CT molecular complexity index is 653. The molecule has 0 fully saturated rings. The topological polar surface area (TPSA) is 55.4 Å². The number of anilines is 1. The van der Waals surface area contributed by atoms with Crippen LogP contribution in [0.15, 0.2) is 46.9 Å². The van der Waals surface area contributed by atoms with Gasteiger partial charge in [-0.3, -0.25) is 9.59 Å². The van der Waals surface area contributed by atoms with Gasteiger partial charge in [0, 0.05) is 5.69 Å². The molecule has 0 aromatic heterocycles. The van der Waals surface area contributed by atoms with E-state index >= 15 is 0 Å². The van der Waals surface area contributed by atoms with E-state index in [-0.39, 0.29) is 12.5 Å². The highest BCUT2D eigenvalue weighted by atomic mass is 79.9. The summed E-state index contributed by atoms with van der Waals surface area (Å²) in [6.45, 7) is 1.81. The van der Waals surface area contributed by atoms with Gasteiger partial charge in [0.15, 0.2) is 12.9 Å². The summed E-state index contributed by atoms with van der Waals surface area (Å²) in [6.07, 6.45) is 0.692. The third kappa shape index (κ3) is 4.16. The highest BCUT2D eigenvalue weighted by molar-refractivity contribution is 9.10. The third-order valence-corrected chi connectivity index (χ3v) is 3.43. The fourth-order valence-corrected chi connectivity index (χ4v) is 2.24. The summed E-state index contributed by atoms with van der Waals surface area (Å²) < 4.78 is 6.06. The summed E-state index contributed by atoms with van der Waals surface area (Å²) in [5.41, 5.74) is 2.22. The predicted molar refractivity (Wildman–Crippen MR) is 84.8 cm³/mol. The molecule has 0 saturated carbocycles. The number of ether oxygens (including phenoxy) is 1. The van der Waals surface area contributed by atoms with Gasteiger partial charge in [-0.25, -0.2) is 0 Å². The maximum atomic E-state index is 11.8. The van der Waals surface area contributed by atoms with Crippen LogP contribution in [0.25, 0.3) is 0 Å². The largest absolute Gasteiger partial charge is 0.482 e. The van der Waals surface area contributed by atoms with Gasteiger partial charge in [-0.05, 0) is 47.1 Å². The second kappa shape index (κ2) is 7.04. The first-order valence-electron chi connectivity index (χ1n) is 6.33. The average Bonchev–Trinajstić information content (AvgIpc) is 2.48. The Balaban J connectivity index is 1.98. The van der Waals surface area contributed by atoms with Gasteiger partial charge < -0.3 is 10.1 Å². The number of carbonyl (C=O) groups is 2. The first-order chi connectivity index (χ1) is 10.1. The summed E-state index contributed by atoms with van der Waals surface area (Å²) in [5.74, 6) is 0.0815. The SMILES string of the molecule is Cc1ccc(NC(=O)COc2c(Br)cccc2C=O)cc1. The molecular formula is C16H14BrNO3. The molecule has 0 aliphatic heterocycles. The van der Waals surface area contributed by atoms with Crippen LogP contribution in [-0.2, 0) is 4.79 Å². The van der Waals surface area contributed by atoms with Crippen molar-refractivity contribution in [2.75, 3.05) is 11.9 Å².